The molecule has 1 unspecified atom stereocenters. The fourth-order valence-corrected chi connectivity index (χ4v) is 1.18. The van der Waals surface area contributed by atoms with Crippen molar-refractivity contribution in [2.75, 3.05) is 26.4 Å². The second-order valence-corrected chi connectivity index (χ2v) is 4.60. The van der Waals surface area contributed by atoms with Gasteiger partial charge in [-0.05, 0) is 12.5 Å². The van der Waals surface area contributed by atoms with E-state index in [1.54, 1.807) is 6.92 Å². The van der Waals surface area contributed by atoms with E-state index in [2.05, 4.69) is 0 Å². The zero-order valence-corrected chi connectivity index (χ0v) is 11.4. The van der Waals surface area contributed by atoms with E-state index in [1.165, 1.54) is 0 Å². The van der Waals surface area contributed by atoms with Gasteiger partial charge in [-0.3, -0.25) is 4.79 Å². The molecule has 20 heavy (non-hydrogen) atoms. The van der Waals surface area contributed by atoms with Gasteiger partial charge in [-0.1, -0.05) is 30.3 Å². The molecule has 0 aliphatic rings. The second-order valence-electron chi connectivity index (χ2n) is 4.60. The van der Waals surface area contributed by atoms with Gasteiger partial charge in [0.15, 0.2) is 0 Å². The van der Waals surface area contributed by atoms with Crippen LogP contribution in [-0.2, 0) is 4.79 Å². The number of aliphatic hydroxyl groups is 4. The third-order valence-electron chi connectivity index (χ3n) is 3.01. The second kappa shape index (κ2) is 9.44. The van der Waals surface area contributed by atoms with Gasteiger partial charge in [-0.2, -0.15) is 0 Å². The lowest BCUT2D eigenvalue weighted by Crippen LogP contribution is -2.37. The quantitative estimate of drug-likeness (QED) is 0.495. The van der Waals surface area contributed by atoms with E-state index in [0.29, 0.717) is 0 Å². The maximum Gasteiger partial charge on any atom is 0.310 e. The Morgan fingerprint density at radius 2 is 1.40 bits per heavy atom. The van der Waals surface area contributed by atoms with Crippen molar-refractivity contribution in [3.8, 4) is 0 Å². The highest BCUT2D eigenvalue weighted by atomic mass is 16.4. The molecule has 5 N–H and O–H groups in total. The molecule has 0 heterocycles. The molecule has 0 aromatic heterocycles. The van der Waals surface area contributed by atoms with E-state index in [0.717, 1.165) is 5.56 Å². The van der Waals surface area contributed by atoms with Crippen molar-refractivity contribution >= 4 is 5.97 Å². The Morgan fingerprint density at radius 3 is 1.65 bits per heavy atom. The Balaban J connectivity index is 0.000000370. The van der Waals surface area contributed by atoms with Gasteiger partial charge in [0.05, 0.1) is 37.8 Å². The zero-order chi connectivity index (χ0) is 15.6. The van der Waals surface area contributed by atoms with Gasteiger partial charge in [-0.25, -0.2) is 0 Å². The van der Waals surface area contributed by atoms with Crippen LogP contribution in [0.4, 0.5) is 0 Å². The van der Waals surface area contributed by atoms with Crippen molar-refractivity contribution in [3.05, 3.63) is 35.9 Å². The molecule has 6 heteroatoms. The minimum Gasteiger partial charge on any atom is -0.481 e. The lowest BCUT2D eigenvalue weighted by molar-refractivity contribution is -0.138. The molecule has 1 atom stereocenters. The maximum absolute atomic E-state index is 10.5. The smallest absolute Gasteiger partial charge is 0.310 e. The molecule has 0 aliphatic heterocycles. The van der Waals surface area contributed by atoms with Gasteiger partial charge in [0.1, 0.15) is 0 Å². The molecular weight excluding hydrogens is 264 g/mol. The van der Waals surface area contributed by atoms with Crippen LogP contribution in [-0.4, -0.2) is 57.9 Å². The lowest BCUT2D eigenvalue weighted by Gasteiger charge is -2.23. The van der Waals surface area contributed by atoms with Crippen LogP contribution in [0.5, 0.6) is 0 Å². The van der Waals surface area contributed by atoms with Crippen molar-refractivity contribution in [2.24, 2.45) is 5.41 Å². The average molecular weight is 286 g/mol. The van der Waals surface area contributed by atoms with E-state index in [9.17, 15) is 4.79 Å². The standard InChI is InChI=1S/C9H10O2.C5H12O4/c1-7(9(10)11)8-5-3-2-4-6-8;6-1-5(2-7,3-8)4-9/h2-7H,1H3,(H,10,11);6-9H,1-4H2. The van der Waals surface area contributed by atoms with Gasteiger partial charge in [0.2, 0.25) is 0 Å². The topological polar surface area (TPSA) is 118 Å². The van der Waals surface area contributed by atoms with Crippen LogP contribution in [0, 0.1) is 5.41 Å². The molecule has 1 aromatic carbocycles. The van der Waals surface area contributed by atoms with E-state index in [-0.39, 0.29) is 0 Å². The first kappa shape index (κ1) is 18.5. The number of carboxylic acids is 1. The van der Waals surface area contributed by atoms with Crippen LogP contribution in [0.3, 0.4) is 0 Å². The summed E-state index contributed by atoms with van der Waals surface area (Å²) in [6, 6.07) is 9.19. The Bertz CT molecular complexity index is 357. The summed E-state index contributed by atoms with van der Waals surface area (Å²) in [6.45, 7) is 0.0532. The summed E-state index contributed by atoms with van der Waals surface area (Å²) >= 11 is 0. The van der Waals surface area contributed by atoms with Crippen LogP contribution in [0.25, 0.3) is 0 Å². The summed E-state index contributed by atoms with van der Waals surface area (Å²) in [5, 5.41) is 42.6. The molecule has 0 saturated heterocycles. The molecule has 0 aliphatic carbocycles. The number of aliphatic hydroxyl groups excluding tert-OH is 4. The molecule has 6 nitrogen and oxygen atoms in total. The number of benzene rings is 1. The summed E-state index contributed by atoms with van der Waals surface area (Å²) < 4.78 is 0. The number of aliphatic carboxylic acids is 1. The molecule has 1 rings (SSSR count). The molecule has 0 spiro atoms. The van der Waals surface area contributed by atoms with E-state index in [1.807, 2.05) is 30.3 Å². The summed E-state index contributed by atoms with van der Waals surface area (Å²) in [4.78, 5) is 10.5. The largest absolute Gasteiger partial charge is 0.481 e. The van der Waals surface area contributed by atoms with Crippen molar-refractivity contribution in [1.29, 1.82) is 0 Å². The summed E-state index contributed by atoms with van der Waals surface area (Å²) in [7, 11) is 0. The van der Waals surface area contributed by atoms with Crippen molar-refractivity contribution in [1.82, 2.24) is 0 Å². The third-order valence-corrected chi connectivity index (χ3v) is 3.01. The minimum atomic E-state index is -1.11. The fourth-order valence-electron chi connectivity index (χ4n) is 1.18. The summed E-state index contributed by atoms with van der Waals surface area (Å²) in [5.74, 6) is -1.19. The Hall–Kier alpha value is -1.47. The molecule has 0 bridgehead atoms. The zero-order valence-electron chi connectivity index (χ0n) is 11.4. The molecule has 1 aromatic rings. The summed E-state index contributed by atoms with van der Waals surface area (Å²) in [6.07, 6.45) is 0. The molecule has 114 valence electrons. The monoisotopic (exact) mass is 286 g/mol. The van der Waals surface area contributed by atoms with E-state index < -0.39 is 43.7 Å². The Kier molecular flexibility index (Phi) is 8.74. The summed E-state index contributed by atoms with van der Waals surface area (Å²) in [5.41, 5.74) is -0.264. The minimum absolute atomic E-state index is 0.406. The van der Waals surface area contributed by atoms with Crippen molar-refractivity contribution in [3.63, 3.8) is 0 Å². The predicted octanol–water partition coefficient (Wildman–Crippen LogP) is -0.183. The van der Waals surface area contributed by atoms with Gasteiger partial charge in [-0.15, -0.1) is 0 Å². The number of hydrogen-bond acceptors (Lipinski definition) is 5. The van der Waals surface area contributed by atoms with Crippen LogP contribution < -0.4 is 0 Å². The van der Waals surface area contributed by atoms with E-state index >= 15 is 0 Å². The van der Waals surface area contributed by atoms with Crippen LogP contribution in [0.15, 0.2) is 30.3 Å². The number of carboxylic acid groups (broad SMARTS) is 1. The first-order chi connectivity index (χ1) is 9.46. The highest BCUT2D eigenvalue weighted by Gasteiger charge is 2.26. The lowest BCUT2D eigenvalue weighted by atomic mass is 9.93. The number of hydrogen-bond donors (Lipinski definition) is 5. The van der Waals surface area contributed by atoms with Crippen molar-refractivity contribution in [2.45, 2.75) is 12.8 Å². The predicted molar refractivity (Wildman–Crippen MR) is 73.3 cm³/mol. The van der Waals surface area contributed by atoms with Crippen molar-refractivity contribution < 1.29 is 30.3 Å². The molecule has 0 amide bonds. The normalized spacial score (nSPS) is 12.2. The van der Waals surface area contributed by atoms with Gasteiger partial charge >= 0.3 is 5.97 Å². The molecule has 0 radical (unpaired) electrons. The fraction of sp³-hybridized carbons (Fsp3) is 0.500. The molecular formula is C14H22O6. The Labute approximate surface area is 117 Å². The van der Waals surface area contributed by atoms with Crippen LogP contribution in [0.2, 0.25) is 0 Å². The van der Waals surface area contributed by atoms with Gasteiger partial charge in [0.25, 0.3) is 0 Å². The maximum atomic E-state index is 10.5. The highest BCUT2D eigenvalue weighted by molar-refractivity contribution is 5.75. The average Bonchev–Trinajstić information content (AvgIpc) is 2.51. The van der Waals surface area contributed by atoms with Gasteiger partial charge < -0.3 is 25.5 Å². The third kappa shape index (κ3) is 5.66. The van der Waals surface area contributed by atoms with Crippen LogP contribution >= 0.6 is 0 Å². The Morgan fingerprint density at radius 1 is 1.00 bits per heavy atom. The van der Waals surface area contributed by atoms with E-state index in [4.69, 9.17) is 25.5 Å². The SMILES string of the molecule is CC(C(=O)O)c1ccccc1.OCC(CO)(CO)CO. The first-order valence-electron chi connectivity index (χ1n) is 6.17. The van der Waals surface area contributed by atoms with Crippen LogP contribution in [0.1, 0.15) is 18.4 Å². The number of carbonyl (C=O) groups is 1. The van der Waals surface area contributed by atoms with Gasteiger partial charge in [0, 0.05) is 0 Å². The highest BCUT2D eigenvalue weighted by Crippen LogP contribution is 2.13. The molecule has 0 fully saturated rings. The number of rotatable bonds is 6. The molecule has 0 saturated carbocycles. The first-order valence-corrected chi connectivity index (χ1v) is 6.17.